The fourth-order valence-corrected chi connectivity index (χ4v) is 1.55. The van der Waals surface area contributed by atoms with E-state index in [0.717, 1.165) is 10.1 Å². The zero-order valence-corrected chi connectivity index (χ0v) is 9.29. The second-order valence-corrected chi connectivity index (χ2v) is 3.62. The highest BCUT2D eigenvalue weighted by Gasteiger charge is 2.11. The molecule has 0 spiro atoms. The second-order valence-electron chi connectivity index (χ2n) is 3.62. The molecule has 0 aliphatic heterocycles. The third kappa shape index (κ3) is 2.05. The van der Waals surface area contributed by atoms with Crippen LogP contribution in [0.25, 0.3) is 0 Å². The van der Waals surface area contributed by atoms with Crippen molar-refractivity contribution in [1.82, 2.24) is 14.5 Å². The molecule has 0 aliphatic carbocycles. The first-order valence-corrected chi connectivity index (χ1v) is 5.10. The number of carbonyl (C=O) groups excluding carboxylic acids is 1. The van der Waals surface area contributed by atoms with Crippen LogP contribution >= 0.6 is 0 Å². The number of anilines is 1. The van der Waals surface area contributed by atoms with E-state index in [1.165, 1.54) is 0 Å². The average molecular weight is 246 g/mol. The highest BCUT2D eigenvalue weighted by atomic mass is 16.2. The summed E-state index contributed by atoms with van der Waals surface area (Å²) in [5.74, 6) is -0.150. The Morgan fingerprint density at radius 3 is 2.83 bits per heavy atom. The third-order valence-corrected chi connectivity index (χ3v) is 2.46. The van der Waals surface area contributed by atoms with Crippen molar-refractivity contribution in [2.24, 2.45) is 0 Å². The van der Waals surface area contributed by atoms with Gasteiger partial charge in [-0.15, -0.1) is 0 Å². The topological polar surface area (TPSA) is 111 Å². The number of aromatic nitrogens is 3. The fraction of sp³-hybridized carbons (Fsp3) is 0.0909. The van der Waals surface area contributed by atoms with Gasteiger partial charge in [0.1, 0.15) is 11.4 Å². The number of rotatable bonds is 3. The minimum Gasteiger partial charge on any atom is -0.384 e. The maximum atomic E-state index is 11.6. The minimum atomic E-state index is -0.782. The molecule has 18 heavy (non-hydrogen) atoms. The van der Waals surface area contributed by atoms with Gasteiger partial charge in [0.15, 0.2) is 6.29 Å². The quantitative estimate of drug-likeness (QED) is 0.701. The Balaban J connectivity index is 2.55. The summed E-state index contributed by atoms with van der Waals surface area (Å²) in [5.41, 5.74) is 4.67. The largest absolute Gasteiger partial charge is 0.384 e. The lowest BCUT2D eigenvalue weighted by atomic mass is 10.2. The smallest absolute Gasteiger partial charge is 0.330 e. The summed E-state index contributed by atoms with van der Waals surface area (Å²) in [6.07, 6.45) is 3.49. The van der Waals surface area contributed by atoms with Crippen LogP contribution in [0.1, 0.15) is 15.9 Å². The van der Waals surface area contributed by atoms with E-state index in [-0.39, 0.29) is 17.9 Å². The molecule has 3 N–H and O–H groups in total. The Labute approximate surface area is 101 Å². The van der Waals surface area contributed by atoms with E-state index in [9.17, 15) is 14.4 Å². The van der Waals surface area contributed by atoms with Gasteiger partial charge in [0.2, 0.25) is 0 Å². The van der Waals surface area contributed by atoms with Crippen LogP contribution < -0.4 is 17.0 Å². The van der Waals surface area contributed by atoms with Crippen LogP contribution in [0.3, 0.4) is 0 Å². The van der Waals surface area contributed by atoms with Crippen molar-refractivity contribution < 1.29 is 4.79 Å². The summed E-state index contributed by atoms with van der Waals surface area (Å²) < 4.78 is 1.11. The Kier molecular flexibility index (Phi) is 3.05. The standard InChI is InChI=1S/C11H10N4O3/c12-9-8(6-16)10(17)14-11(18)15(9)5-7-2-1-3-13-4-7/h1-4,6H,5,12H2,(H,14,17,18). The molecule has 2 heterocycles. The number of H-pyrrole nitrogens is 1. The lowest BCUT2D eigenvalue weighted by molar-refractivity contribution is 0.112. The average Bonchev–Trinajstić information content (AvgIpc) is 2.36. The molecule has 0 amide bonds. The van der Waals surface area contributed by atoms with Gasteiger partial charge in [-0.05, 0) is 11.6 Å². The van der Waals surface area contributed by atoms with Gasteiger partial charge >= 0.3 is 5.69 Å². The first-order valence-electron chi connectivity index (χ1n) is 5.10. The summed E-state index contributed by atoms with van der Waals surface area (Å²) in [7, 11) is 0. The molecule has 0 aromatic carbocycles. The lowest BCUT2D eigenvalue weighted by Crippen LogP contribution is -2.34. The van der Waals surface area contributed by atoms with Crippen molar-refractivity contribution >= 4 is 12.1 Å². The molecular formula is C11H10N4O3. The van der Waals surface area contributed by atoms with E-state index in [1.807, 2.05) is 4.98 Å². The van der Waals surface area contributed by atoms with E-state index in [2.05, 4.69) is 4.98 Å². The molecule has 2 rings (SSSR count). The third-order valence-electron chi connectivity index (χ3n) is 2.46. The predicted octanol–water partition coefficient (Wildman–Crippen LogP) is -0.625. The van der Waals surface area contributed by atoms with Crippen molar-refractivity contribution in [3.05, 3.63) is 56.5 Å². The van der Waals surface area contributed by atoms with Crippen molar-refractivity contribution in [1.29, 1.82) is 0 Å². The van der Waals surface area contributed by atoms with Crippen LogP contribution in [0.2, 0.25) is 0 Å². The maximum absolute atomic E-state index is 11.6. The summed E-state index contributed by atoms with van der Waals surface area (Å²) in [4.78, 5) is 39.6. The molecule has 0 fully saturated rings. The van der Waals surface area contributed by atoms with Crippen molar-refractivity contribution in [3.63, 3.8) is 0 Å². The Morgan fingerprint density at radius 2 is 2.22 bits per heavy atom. The monoisotopic (exact) mass is 246 g/mol. The Hall–Kier alpha value is -2.70. The number of nitrogen functional groups attached to an aromatic ring is 1. The number of nitrogens with two attached hydrogens (primary N) is 1. The number of aromatic amines is 1. The zero-order chi connectivity index (χ0) is 13.1. The SMILES string of the molecule is Nc1c(C=O)c(=O)[nH]c(=O)n1Cc1cccnc1. The van der Waals surface area contributed by atoms with E-state index >= 15 is 0 Å². The van der Waals surface area contributed by atoms with Gasteiger partial charge in [-0.3, -0.25) is 24.1 Å². The van der Waals surface area contributed by atoms with Crippen LogP contribution in [0, 0.1) is 0 Å². The van der Waals surface area contributed by atoms with Gasteiger partial charge in [0.05, 0.1) is 6.54 Å². The van der Waals surface area contributed by atoms with Crippen molar-refractivity contribution in [3.8, 4) is 0 Å². The van der Waals surface area contributed by atoms with Gasteiger partial charge in [-0.2, -0.15) is 0 Å². The Morgan fingerprint density at radius 1 is 1.44 bits per heavy atom. The van der Waals surface area contributed by atoms with Crippen LogP contribution in [-0.2, 0) is 6.54 Å². The van der Waals surface area contributed by atoms with Crippen molar-refractivity contribution in [2.45, 2.75) is 6.54 Å². The number of pyridine rings is 1. The summed E-state index contributed by atoms with van der Waals surface area (Å²) in [6, 6.07) is 3.47. The highest BCUT2D eigenvalue weighted by molar-refractivity contribution is 5.80. The first-order chi connectivity index (χ1) is 8.63. The predicted molar refractivity (Wildman–Crippen MR) is 64.5 cm³/mol. The fourth-order valence-electron chi connectivity index (χ4n) is 1.55. The number of nitrogens with zero attached hydrogens (tertiary/aromatic N) is 2. The molecule has 2 aromatic heterocycles. The molecule has 7 nitrogen and oxygen atoms in total. The molecule has 0 radical (unpaired) electrons. The molecule has 0 saturated heterocycles. The van der Waals surface area contributed by atoms with Gasteiger partial charge in [-0.25, -0.2) is 4.79 Å². The van der Waals surface area contributed by atoms with Crippen LogP contribution in [-0.4, -0.2) is 20.8 Å². The summed E-state index contributed by atoms with van der Waals surface area (Å²) in [5, 5.41) is 0. The van der Waals surface area contributed by atoms with Gasteiger partial charge < -0.3 is 5.73 Å². The molecular weight excluding hydrogens is 236 g/mol. The molecule has 0 bridgehead atoms. The van der Waals surface area contributed by atoms with E-state index < -0.39 is 11.2 Å². The minimum absolute atomic E-state index is 0.135. The molecule has 0 saturated carbocycles. The number of nitrogens with one attached hydrogen (secondary N) is 1. The molecule has 0 atom stereocenters. The second kappa shape index (κ2) is 4.66. The number of hydrogen-bond donors (Lipinski definition) is 2. The van der Waals surface area contributed by atoms with Gasteiger partial charge in [-0.1, -0.05) is 6.07 Å². The lowest BCUT2D eigenvalue weighted by Gasteiger charge is -2.09. The molecule has 0 aliphatic rings. The Bertz CT molecular complexity index is 688. The molecule has 7 heteroatoms. The summed E-state index contributed by atoms with van der Waals surface area (Å²) >= 11 is 0. The highest BCUT2D eigenvalue weighted by Crippen LogP contribution is 2.05. The van der Waals surface area contributed by atoms with Gasteiger partial charge in [0, 0.05) is 12.4 Å². The van der Waals surface area contributed by atoms with Crippen LogP contribution in [0.5, 0.6) is 0 Å². The zero-order valence-electron chi connectivity index (χ0n) is 9.29. The first kappa shape index (κ1) is 11.8. The van der Waals surface area contributed by atoms with Crippen LogP contribution in [0.15, 0.2) is 34.1 Å². The van der Waals surface area contributed by atoms with E-state index in [4.69, 9.17) is 5.73 Å². The van der Waals surface area contributed by atoms with Gasteiger partial charge in [0.25, 0.3) is 5.56 Å². The molecule has 2 aromatic rings. The van der Waals surface area contributed by atoms with E-state index in [1.54, 1.807) is 24.5 Å². The van der Waals surface area contributed by atoms with Crippen molar-refractivity contribution in [2.75, 3.05) is 5.73 Å². The van der Waals surface area contributed by atoms with E-state index in [0.29, 0.717) is 6.29 Å². The normalized spacial score (nSPS) is 10.2. The van der Waals surface area contributed by atoms with Crippen LogP contribution in [0.4, 0.5) is 5.82 Å². The maximum Gasteiger partial charge on any atom is 0.330 e. The molecule has 0 unspecified atom stereocenters. The molecule has 92 valence electrons. The number of aldehydes is 1. The summed E-state index contributed by atoms with van der Waals surface area (Å²) in [6.45, 7) is 0.135. The number of hydrogen-bond acceptors (Lipinski definition) is 5. The number of carbonyl (C=O) groups is 1.